The van der Waals surface area contributed by atoms with Crippen LogP contribution in [0.1, 0.15) is 40.8 Å². The van der Waals surface area contributed by atoms with Crippen molar-refractivity contribution >= 4 is 5.91 Å². The van der Waals surface area contributed by atoms with Crippen molar-refractivity contribution in [3.05, 3.63) is 41.5 Å². The number of aromatic nitrogens is 2. The predicted octanol–water partition coefficient (Wildman–Crippen LogP) is 3.15. The number of carbonyl (C=O) groups is 1. The third-order valence-electron chi connectivity index (χ3n) is 4.63. The van der Waals surface area contributed by atoms with Gasteiger partial charge in [0.1, 0.15) is 12.4 Å². The molecule has 0 atom stereocenters. The van der Waals surface area contributed by atoms with Crippen LogP contribution in [0.4, 0.5) is 13.2 Å². The second kappa shape index (κ2) is 9.90. The molecule has 1 aliphatic heterocycles. The molecule has 3 rings (SSSR count). The number of carbonyl (C=O) groups excluding carboxylic acids is 1. The first-order valence-corrected chi connectivity index (χ1v) is 9.40. The van der Waals surface area contributed by atoms with Crippen molar-refractivity contribution < 1.29 is 36.7 Å². The Bertz CT molecular complexity index is 835. The minimum atomic E-state index is -4.87. The molecule has 1 fully saturated rings. The van der Waals surface area contributed by atoms with Gasteiger partial charge in [0.25, 0.3) is 11.8 Å². The van der Waals surface area contributed by atoms with Crippen LogP contribution in [0.2, 0.25) is 0 Å². The number of amides is 1. The molecule has 8 nitrogen and oxygen atoms in total. The van der Waals surface area contributed by atoms with E-state index in [1.54, 1.807) is 7.11 Å². The maximum Gasteiger partial charge on any atom is 0.573 e. The topological polar surface area (TPSA) is 86.9 Å². The van der Waals surface area contributed by atoms with Gasteiger partial charge in [-0.05, 0) is 25.0 Å². The number of piperidine rings is 1. The summed E-state index contributed by atoms with van der Waals surface area (Å²) in [6, 6.07) is 5.34. The lowest BCUT2D eigenvalue weighted by molar-refractivity contribution is -0.274. The van der Waals surface area contributed by atoms with E-state index < -0.39 is 18.0 Å². The molecule has 1 amide bonds. The van der Waals surface area contributed by atoms with E-state index in [1.807, 2.05) is 0 Å². The van der Waals surface area contributed by atoms with Crippen molar-refractivity contribution in [1.29, 1.82) is 0 Å². The van der Waals surface area contributed by atoms with Crippen LogP contribution in [-0.4, -0.2) is 60.7 Å². The van der Waals surface area contributed by atoms with Crippen LogP contribution in [0.25, 0.3) is 0 Å². The fourth-order valence-corrected chi connectivity index (χ4v) is 3.16. The molecule has 164 valence electrons. The molecule has 11 heteroatoms. The van der Waals surface area contributed by atoms with Gasteiger partial charge in [0.15, 0.2) is 5.82 Å². The number of alkyl halides is 3. The van der Waals surface area contributed by atoms with E-state index >= 15 is 0 Å². The Morgan fingerprint density at radius 2 is 1.97 bits per heavy atom. The number of nitrogens with zero attached hydrogens (tertiary/aromatic N) is 3. The second-order valence-corrected chi connectivity index (χ2v) is 6.70. The third kappa shape index (κ3) is 5.92. The van der Waals surface area contributed by atoms with E-state index in [0.717, 1.165) is 6.07 Å². The van der Waals surface area contributed by atoms with Crippen LogP contribution >= 0.6 is 0 Å². The zero-order chi connectivity index (χ0) is 21.6. The van der Waals surface area contributed by atoms with Crippen molar-refractivity contribution in [1.82, 2.24) is 15.0 Å². The number of para-hydroxylation sites is 1. The molecule has 2 heterocycles. The Kier molecular flexibility index (Phi) is 7.27. The van der Waals surface area contributed by atoms with E-state index in [4.69, 9.17) is 14.0 Å². The Labute approximate surface area is 170 Å². The van der Waals surface area contributed by atoms with Crippen LogP contribution in [0, 0.1) is 0 Å². The number of benzene rings is 1. The van der Waals surface area contributed by atoms with E-state index in [9.17, 15) is 18.0 Å². The lowest BCUT2D eigenvalue weighted by Crippen LogP contribution is -2.38. The Hall–Kier alpha value is -2.66. The lowest BCUT2D eigenvalue weighted by atomic mass is 9.95. The lowest BCUT2D eigenvalue weighted by Gasteiger charge is -2.31. The highest BCUT2D eigenvalue weighted by molar-refractivity contribution is 5.97. The molecule has 0 N–H and O–H groups in total. The van der Waals surface area contributed by atoms with E-state index in [2.05, 4.69) is 14.9 Å². The van der Waals surface area contributed by atoms with Crippen LogP contribution in [-0.2, 0) is 16.1 Å². The summed E-state index contributed by atoms with van der Waals surface area (Å²) in [7, 11) is 1.58. The molecule has 1 saturated heterocycles. The Morgan fingerprint density at radius 3 is 2.67 bits per heavy atom. The number of hydrogen-bond acceptors (Lipinski definition) is 7. The highest BCUT2D eigenvalue weighted by Gasteiger charge is 2.34. The van der Waals surface area contributed by atoms with Crippen LogP contribution in [0.5, 0.6) is 5.75 Å². The minimum absolute atomic E-state index is 0.00723. The molecule has 30 heavy (non-hydrogen) atoms. The molecular weight excluding hydrogens is 407 g/mol. The van der Waals surface area contributed by atoms with Crippen molar-refractivity contribution in [3.8, 4) is 5.75 Å². The molecule has 0 bridgehead atoms. The molecule has 2 aromatic rings. The molecule has 0 radical (unpaired) electrons. The van der Waals surface area contributed by atoms with Gasteiger partial charge in [-0.3, -0.25) is 4.79 Å². The number of rotatable bonds is 8. The number of likely N-dealkylation sites (tertiary alicyclic amines) is 1. The van der Waals surface area contributed by atoms with Crippen molar-refractivity contribution in [3.63, 3.8) is 0 Å². The first kappa shape index (κ1) is 22.0. The van der Waals surface area contributed by atoms with Crippen LogP contribution in [0.3, 0.4) is 0 Å². The van der Waals surface area contributed by atoms with Crippen LogP contribution in [0.15, 0.2) is 28.8 Å². The van der Waals surface area contributed by atoms with Gasteiger partial charge < -0.3 is 23.6 Å². The van der Waals surface area contributed by atoms with Gasteiger partial charge in [-0.2, -0.15) is 4.98 Å². The zero-order valence-electron chi connectivity index (χ0n) is 16.4. The number of hydrogen-bond donors (Lipinski definition) is 0. The van der Waals surface area contributed by atoms with E-state index in [-0.39, 0.29) is 18.1 Å². The summed E-state index contributed by atoms with van der Waals surface area (Å²) in [5.41, 5.74) is -0.122. The van der Waals surface area contributed by atoms with Crippen LogP contribution < -0.4 is 4.74 Å². The zero-order valence-corrected chi connectivity index (χ0v) is 16.4. The van der Waals surface area contributed by atoms with Gasteiger partial charge in [0.2, 0.25) is 0 Å². The summed E-state index contributed by atoms with van der Waals surface area (Å²) in [6.45, 7) is 1.78. The van der Waals surface area contributed by atoms with Crippen molar-refractivity contribution in [2.75, 3.05) is 33.4 Å². The summed E-state index contributed by atoms with van der Waals surface area (Å²) in [5, 5.41) is 3.98. The largest absolute Gasteiger partial charge is 0.573 e. The fraction of sp³-hybridized carbons (Fsp3) is 0.526. The van der Waals surface area contributed by atoms with Gasteiger partial charge >= 0.3 is 6.36 Å². The minimum Gasteiger partial charge on any atom is -0.405 e. The molecule has 1 aromatic carbocycles. The summed E-state index contributed by atoms with van der Waals surface area (Å²) < 4.78 is 57.2. The van der Waals surface area contributed by atoms with Gasteiger partial charge in [-0.15, -0.1) is 13.2 Å². The molecule has 0 spiro atoms. The average molecular weight is 429 g/mol. The summed E-state index contributed by atoms with van der Waals surface area (Å²) in [6.07, 6.45) is -3.73. The summed E-state index contributed by atoms with van der Waals surface area (Å²) in [4.78, 5) is 18.6. The Morgan fingerprint density at radius 1 is 1.23 bits per heavy atom. The first-order valence-electron chi connectivity index (χ1n) is 9.40. The highest BCUT2D eigenvalue weighted by Crippen LogP contribution is 2.30. The van der Waals surface area contributed by atoms with Crippen molar-refractivity contribution in [2.45, 2.75) is 31.7 Å². The number of ether oxygens (including phenoxy) is 3. The molecular formula is C19H22F3N3O5. The number of methoxy groups -OCH3 is 1. The molecule has 1 aromatic heterocycles. The van der Waals surface area contributed by atoms with Gasteiger partial charge in [0.05, 0.1) is 18.8 Å². The maximum absolute atomic E-state index is 12.7. The van der Waals surface area contributed by atoms with E-state index in [1.165, 1.54) is 23.1 Å². The summed E-state index contributed by atoms with van der Waals surface area (Å²) >= 11 is 0. The molecule has 0 saturated carbocycles. The third-order valence-corrected chi connectivity index (χ3v) is 4.63. The summed E-state index contributed by atoms with van der Waals surface area (Å²) in [5.74, 6) is -0.125. The monoisotopic (exact) mass is 429 g/mol. The Balaban J connectivity index is 1.56. The first-order chi connectivity index (χ1) is 14.4. The average Bonchev–Trinajstić information content (AvgIpc) is 3.19. The predicted molar refractivity (Wildman–Crippen MR) is 96.8 cm³/mol. The number of halogens is 3. The highest BCUT2D eigenvalue weighted by atomic mass is 19.4. The maximum atomic E-state index is 12.7. The second-order valence-electron chi connectivity index (χ2n) is 6.70. The molecule has 0 unspecified atom stereocenters. The standard InChI is InChI=1S/C19H22F3N3O5/c1-27-10-11-28-12-16-23-17(24-30-16)13-6-8-25(9-7-13)18(26)14-4-2-3-5-15(14)29-19(20,21)22/h2-5,13H,6-12H2,1H3. The fourth-order valence-electron chi connectivity index (χ4n) is 3.16. The normalized spacial score (nSPS) is 15.4. The van der Waals surface area contributed by atoms with E-state index in [0.29, 0.717) is 50.9 Å². The smallest absolute Gasteiger partial charge is 0.405 e. The molecule has 0 aliphatic carbocycles. The van der Waals surface area contributed by atoms with Crippen molar-refractivity contribution in [2.24, 2.45) is 0 Å². The SMILES string of the molecule is COCCOCc1nc(C2CCN(C(=O)c3ccccc3OC(F)(F)F)CC2)no1. The van der Waals surface area contributed by atoms with Gasteiger partial charge in [-0.1, -0.05) is 17.3 Å². The van der Waals surface area contributed by atoms with Gasteiger partial charge in [0, 0.05) is 26.1 Å². The molecule has 1 aliphatic rings. The quantitative estimate of drug-likeness (QED) is 0.596. The van der Waals surface area contributed by atoms with Gasteiger partial charge in [-0.25, -0.2) is 0 Å².